The molecule has 2 fully saturated rings. The van der Waals surface area contributed by atoms with Crippen LogP contribution in [0.1, 0.15) is 18.4 Å². The van der Waals surface area contributed by atoms with E-state index in [1.807, 2.05) is 0 Å². The van der Waals surface area contributed by atoms with Gasteiger partial charge in [0, 0.05) is 24.7 Å². The van der Waals surface area contributed by atoms with Crippen LogP contribution in [0.15, 0.2) is 30.5 Å². The zero-order valence-electron chi connectivity index (χ0n) is 17.4. The van der Waals surface area contributed by atoms with E-state index >= 15 is 0 Å². The van der Waals surface area contributed by atoms with Crippen molar-refractivity contribution in [1.29, 1.82) is 0 Å². The summed E-state index contributed by atoms with van der Waals surface area (Å²) >= 11 is 5.78. The average molecular weight is 477 g/mol. The molecule has 174 valence electrons. The lowest BCUT2D eigenvalue weighted by atomic mass is 9.77. The molecule has 2 amide bonds. The van der Waals surface area contributed by atoms with Crippen LogP contribution in [0.25, 0.3) is 0 Å². The maximum absolute atomic E-state index is 14.2. The Bertz CT molecular complexity index is 1100. The van der Waals surface area contributed by atoms with Crippen molar-refractivity contribution >= 4 is 34.9 Å². The number of carbonyl (C=O) groups excluding carboxylic acids is 2. The Morgan fingerprint density at radius 3 is 2.85 bits per heavy atom. The molecule has 10 nitrogen and oxygen atoms in total. The smallest absolute Gasteiger partial charge is 0.269 e. The molecule has 2 aliphatic rings. The van der Waals surface area contributed by atoms with Crippen LogP contribution in [0.3, 0.4) is 0 Å². The minimum Gasteiger partial charge on any atom is -0.369 e. The summed E-state index contributed by atoms with van der Waals surface area (Å²) in [6, 6.07) is 5.49. The van der Waals surface area contributed by atoms with Crippen molar-refractivity contribution in [1.82, 2.24) is 15.3 Å². The molecule has 12 heteroatoms. The third kappa shape index (κ3) is 4.87. The molecule has 2 aromatic rings. The van der Waals surface area contributed by atoms with Gasteiger partial charge in [-0.2, -0.15) is 4.98 Å². The Labute approximate surface area is 193 Å². The summed E-state index contributed by atoms with van der Waals surface area (Å²) in [7, 11) is 0. The fraction of sp³-hybridized carbons (Fsp3) is 0.429. The monoisotopic (exact) mass is 476 g/mol. The Balaban J connectivity index is 1.41. The van der Waals surface area contributed by atoms with Gasteiger partial charge in [0.05, 0.1) is 23.5 Å². The number of primary amides is 1. The number of hydrogen-bond donors (Lipinski definition) is 3. The topological polar surface area (TPSA) is 153 Å². The summed E-state index contributed by atoms with van der Waals surface area (Å²) < 4.78 is 14.2. The van der Waals surface area contributed by atoms with Crippen molar-refractivity contribution in [3.8, 4) is 0 Å². The standard InChI is InChI=1S/C21H22ClFN6O4/c22-21-26-9-15(23)20(28-21)27-18-14-7-11(17(18)19(24)31)6-12(14)8-25-16(30)5-10-2-1-3-13(4-10)29(32)33/h1-4,9,11-12,14,17-18H,5-8H2,(H2,24,31)(H,25,30)(H,26,27,28)/t11-,12-,14+,17-,18+/m0/s1. The molecule has 1 heterocycles. The number of non-ortho nitro benzene ring substituents is 1. The van der Waals surface area contributed by atoms with Gasteiger partial charge in [-0.1, -0.05) is 12.1 Å². The summed E-state index contributed by atoms with van der Waals surface area (Å²) in [5.74, 6) is -1.95. The molecular formula is C21H22ClFN6O4. The van der Waals surface area contributed by atoms with Gasteiger partial charge in [-0.3, -0.25) is 19.7 Å². The minimum absolute atomic E-state index is 0.0126. The minimum atomic E-state index is -0.688. The molecule has 0 aliphatic heterocycles. The van der Waals surface area contributed by atoms with Gasteiger partial charge in [0.1, 0.15) is 0 Å². The normalized spacial score (nSPS) is 25.6. The van der Waals surface area contributed by atoms with Gasteiger partial charge in [-0.25, -0.2) is 9.37 Å². The second kappa shape index (κ2) is 9.26. The lowest BCUT2D eigenvalue weighted by molar-refractivity contribution is -0.384. The van der Waals surface area contributed by atoms with E-state index < -0.39 is 28.6 Å². The number of hydrogen-bond acceptors (Lipinski definition) is 7. The SMILES string of the molecule is NC(=O)[C@H]1[C@H]2C[C@@H](CNC(=O)Cc3cccc([N+](=O)[O-])c3)[C@@H](C2)[C@H]1Nc1nc(Cl)ncc1F. The number of anilines is 1. The summed E-state index contributed by atoms with van der Waals surface area (Å²) in [4.78, 5) is 42.4. The number of halogens is 2. The van der Waals surface area contributed by atoms with Gasteiger partial charge in [0.25, 0.3) is 5.69 Å². The van der Waals surface area contributed by atoms with Crippen molar-refractivity contribution in [3.63, 3.8) is 0 Å². The van der Waals surface area contributed by atoms with E-state index in [0.29, 0.717) is 18.5 Å². The predicted octanol–water partition coefficient (Wildman–Crippen LogP) is 2.07. The molecule has 2 saturated carbocycles. The average Bonchev–Trinajstić information content (AvgIpc) is 3.33. The molecule has 2 bridgehead atoms. The highest BCUT2D eigenvalue weighted by molar-refractivity contribution is 6.28. The largest absolute Gasteiger partial charge is 0.369 e. The zero-order chi connectivity index (χ0) is 23.7. The first-order valence-corrected chi connectivity index (χ1v) is 10.8. The van der Waals surface area contributed by atoms with E-state index in [4.69, 9.17) is 17.3 Å². The highest BCUT2D eigenvalue weighted by Crippen LogP contribution is 2.52. The van der Waals surface area contributed by atoms with Crippen molar-refractivity contribution < 1.29 is 18.9 Å². The van der Waals surface area contributed by atoms with Gasteiger partial charge < -0.3 is 16.4 Å². The summed E-state index contributed by atoms with van der Waals surface area (Å²) in [6.07, 6.45) is 2.40. The summed E-state index contributed by atoms with van der Waals surface area (Å²) in [5.41, 5.74) is 6.10. The van der Waals surface area contributed by atoms with Gasteiger partial charge in [0.15, 0.2) is 11.6 Å². The molecular weight excluding hydrogens is 455 g/mol. The van der Waals surface area contributed by atoms with E-state index in [1.54, 1.807) is 6.07 Å². The summed E-state index contributed by atoms with van der Waals surface area (Å²) in [5, 5.41) is 16.7. The van der Waals surface area contributed by atoms with Gasteiger partial charge in [0.2, 0.25) is 17.1 Å². The molecule has 0 saturated heterocycles. The highest BCUT2D eigenvalue weighted by atomic mass is 35.5. The molecule has 1 aromatic heterocycles. The van der Waals surface area contributed by atoms with Crippen molar-refractivity contribution in [3.05, 3.63) is 57.2 Å². The predicted molar refractivity (Wildman–Crippen MR) is 117 cm³/mol. The number of nitrogens with zero attached hydrogens (tertiary/aromatic N) is 3. The molecule has 4 N–H and O–H groups in total. The number of aromatic nitrogens is 2. The van der Waals surface area contributed by atoms with E-state index in [1.165, 1.54) is 18.2 Å². The molecule has 1 aromatic carbocycles. The fourth-order valence-electron chi connectivity index (χ4n) is 5.21. The van der Waals surface area contributed by atoms with Gasteiger partial charge in [-0.05, 0) is 47.8 Å². The van der Waals surface area contributed by atoms with E-state index in [-0.39, 0.29) is 46.9 Å². The second-order valence-corrected chi connectivity index (χ2v) is 8.84. The Morgan fingerprint density at radius 2 is 2.12 bits per heavy atom. The molecule has 0 unspecified atom stereocenters. The van der Waals surface area contributed by atoms with Gasteiger partial charge in [-0.15, -0.1) is 0 Å². The third-order valence-electron chi connectivity index (χ3n) is 6.54. The second-order valence-electron chi connectivity index (χ2n) is 8.50. The number of nitrogens with one attached hydrogen (secondary N) is 2. The van der Waals surface area contributed by atoms with Crippen LogP contribution in [0.5, 0.6) is 0 Å². The maximum Gasteiger partial charge on any atom is 0.269 e. The van der Waals surface area contributed by atoms with Crippen molar-refractivity contribution in [2.24, 2.45) is 29.4 Å². The molecule has 4 rings (SSSR count). The van der Waals surface area contributed by atoms with Crippen LogP contribution in [0.2, 0.25) is 5.28 Å². The number of amides is 2. The van der Waals surface area contributed by atoms with Crippen molar-refractivity contribution in [2.45, 2.75) is 25.3 Å². The fourth-order valence-corrected chi connectivity index (χ4v) is 5.35. The molecule has 33 heavy (non-hydrogen) atoms. The van der Waals surface area contributed by atoms with Gasteiger partial charge >= 0.3 is 0 Å². The van der Waals surface area contributed by atoms with Crippen LogP contribution in [0, 0.1) is 39.6 Å². The lowest BCUT2D eigenvalue weighted by Gasteiger charge is -2.35. The van der Waals surface area contributed by atoms with Crippen LogP contribution in [0.4, 0.5) is 15.9 Å². The van der Waals surface area contributed by atoms with E-state index in [9.17, 15) is 24.1 Å². The number of nitro benzene ring substituents is 1. The molecule has 2 aliphatic carbocycles. The Kier molecular flexibility index (Phi) is 6.41. The lowest BCUT2D eigenvalue weighted by Crippen LogP contribution is -2.47. The first kappa shape index (κ1) is 22.8. The first-order chi connectivity index (χ1) is 15.7. The first-order valence-electron chi connectivity index (χ1n) is 10.5. The quantitative estimate of drug-likeness (QED) is 0.299. The maximum atomic E-state index is 14.2. The number of nitro groups is 1. The molecule has 0 spiro atoms. The number of carbonyl (C=O) groups is 2. The third-order valence-corrected chi connectivity index (χ3v) is 6.72. The Hall–Kier alpha value is -3.34. The van der Waals surface area contributed by atoms with Crippen molar-refractivity contribution in [2.75, 3.05) is 11.9 Å². The van der Waals surface area contributed by atoms with Crippen LogP contribution < -0.4 is 16.4 Å². The number of fused-ring (bicyclic) bond motifs is 2. The van der Waals surface area contributed by atoms with Crippen LogP contribution in [-0.4, -0.2) is 39.3 Å². The number of benzene rings is 1. The Morgan fingerprint density at radius 1 is 1.33 bits per heavy atom. The van der Waals surface area contributed by atoms with Crippen LogP contribution >= 0.6 is 11.6 Å². The number of rotatable bonds is 8. The van der Waals surface area contributed by atoms with E-state index in [0.717, 1.165) is 12.6 Å². The van der Waals surface area contributed by atoms with E-state index in [2.05, 4.69) is 20.6 Å². The molecule has 0 radical (unpaired) electrons. The summed E-state index contributed by atoms with van der Waals surface area (Å²) in [6.45, 7) is 0.367. The molecule has 5 atom stereocenters. The van der Waals surface area contributed by atoms with Crippen LogP contribution in [-0.2, 0) is 16.0 Å². The highest BCUT2D eigenvalue weighted by Gasteiger charge is 2.54. The zero-order valence-corrected chi connectivity index (χ0v) is 18.2. The number of nitrogens with two attached hydrogens (primary N) is 1.